The van der Waals surface area contributed by atoms with E-state index in [4.69, 9.17) is 10.8 Å². The van der Waals surface area contributed by atoms with Crippen LogP contribution in [0, 0.1) is 0 Å². The molecular formula is C15H22N2O. The van der Waals surface area contributed by atoms with E-state index in [-0.39, 0.29) is 0 Å². The van der Waals surface area contributed by atoms with Gasteiger partial charge in [-0.1, -0.05) is 18.9 Å². The van der Waals surface area contributed by atoms with Gasteiger partial charge in [0.25, 0.3) is 0 Å². The van der Waals surface area contributed by atoms with E-state index in [1.54, 1.807) is 0 Å². The van der Waals surface area contributed by atoms with Crippen molar-refractivity contribution in [3.8, 4) is 0 Å². The van der Waals surface area contributed by atoms with Gasteiger partial charge < -0.3 is 15.4 Å². The molecule has 0 aliphatic heterocycles. The number of benzene rings is 1. The van der Waals surface area contributed by atoms with Crippen LogP contribution in [0.2, 0.25) is 0 Å². The predicted octanol–water partition coefficient (Wildman–Crippen LogP) is 2.65. The number of rotatable bonds is 7. The van der Waals surface area contributed by atoms with E-state index in [9.17, 15) is 0 Å². The van der Waals surface area contributed by atoms with E-state index in [0.29, 0.717) is 13.2 Å². The minimum atomic E-state index is 0.314. The van der Waals surface area contributed by atoms with Crippen LogP contribution in [0.5, 0.6) is 0 Å². The van der Waals surface area contributed by atoms with Gasteiger partial charge in [0.05, 0.1) is 0 Å². The van der Waals surface area contributed by atoms with E-state index >= 15 is 0 Å². The van der Waals surface area contributed by atoms with E-state index < -0.39 is 0 Å². The second-order valence-corrected chi connectivity index (χ2v) is 4.74. The zero-order valence-electron chi connectivity index (χ0n) is 10.8. The molecule has 0 bridgehead atoms. The Kier molecular flexibility index (Phi) is 4.79. The van der Waals surface area contributed by atoms with Crippen molar-refractivity contribution in [1.82, 2.24) is 4.57 Å². The number of unbranched alkanes of at least 4 members (excludes halogenated alkanes) is 3. The fourth-order valence-corrected chi connectivity index (χ4v) is 2.32. The van der Waals surface area contributed by atoms with Crippen LogP contribution in [0.25, 0.3) is 10.9 Å². The molecule has 0 unspecified atom stereocenters. The number of nitrogens with two attached hydrogens (primary N) is 1. The highest BCUT2D eigenvalue weighted by Gasteiger charge is 2.01. The average Bonchev–Trinajstić information content (AvgIpc) is 2.81. The summed E-state index contributed by atoms with van der Waals surface area (Å²) in [6.45, 7) is 1.97. The van der Waals surface area contributed by atoms with E-state index in [1.807, 2.05) is 0 Å². The Labute approximate surface area is 108 Å². The lowest BCUT2D eigenvalue weighted by Crippen LogP contribution is -1.98. The van der Waals surface area contributed by atoms with Gasteiger partial charge in [-0.3, -0.25) is 0 Å². The van der Waals surface area contributed by atoms with Crippen molar-refractivity contribution in [2.75, 3.05) is 6.61 Å². The molecule has 18 heavy (non-hydrogen) atoms. The summed E-state index contributed by atoms with van der Waals surface area (Å²) >= 11 is 0. The molecule has 0 aliphatic rings. The number of hydrogen-bond acceptors (Lipinski definition) is 2. The standard InChI is InChI=1S/C15H22N2O/c16-12-13-5-6-15-14(11-13)7-9-17(15)8-3-1-2-4-10-18/h5-7,9,11,18H,1-4,8,10,12,16H2. The highest BCUT2D eigenvalue weighted by molar-refractivity contribution is 5.80. The van der Waals surface area contributed by atoms with Gasteiger partial charge in [0.1, 0.15) is 0 Å². The lowest BCUT2D eigenvalue weighted by atomic mass is 10.1. The summed E-state index contributed by atoms with van der Waals surface area (Å²) in [6.07, 6.45) is 6.54. The van der Waals surface area contributed by atoms with Crippen molar-refractivity contribution in [3.05, 3.63) is 36.0 Å². The lowest BCUT2D eigenvalue weighted by Gasteiger charge is -2.06. The smallest absolute Gasteiger partial charge is 0.0480 e. The summed E-state index contributed by atoms with van der Waals surface area (Å²) in [5.41, 5.74) is 8.12. The number of aryl methyl sites for hydroxylation is 1. The van der Waals surface area contributed by atoms with Crippen LogP contribution in [0.3, 0.4) is 0 Å². The summed E-state index contributed by atoms with van der Waals surface area (Å²) in [5.74, 6) is 0. The molecule has 3 heteroatoms. The highest BCUT2D eigenvalue weighted by Crippen LogP contribution is 2.18. The average molecular weight is 246 g/mol. The monoisotopic (exact) mass is 246 g/mol. The van der Waals surface area contributed by atoms with Crippen molar-refractivity contribution in [3.63, 3.8) is 0 Å². The first-order chi connectivity index (χ1) is 8.85. The number of hydrogen-bond donors (Lipinski definition) is 2. The Morgan fingerprint density at radius 2 is 1.89 bits per heavy atom. The van der Waals surface area contributed by atoms with E-state index in [1.165, 1.54) is 29.3 Å². The predicted molar refractivity (Wildman–Crippen MR) is 75.4 cm³/mol. The van der Waals surface area contributed by atoms with Crippen LogP contribution in [-0.2, 0) is 13.1 Å². The minimum absolute atomic E-state index is 0.314. The van der Waals surface area contributed by atoms with Crippen LogP contribution < -0.4 is 5.73 Å². The molecular weight excluding hydrogens is 224 g/mol. The first kappa shape index (κ1) is 13.1. The van der Waals surface area contributed by atoms with Gasteiger partial charge in [-0.15, -0.1) is 0 Å². The maximum atomic E-state index is 8.72. The van der Waals surface area contributed by atoms with Crippen LogP contribution >= 0.6 is 0 Å². The summed E-state index contributed by atoms with van der Waals surface area (Å²) in [4.78, 5) is 0. The number of aliphatic hydroxyl groups is 1. The van der Waals surface area contributed by atoms with Gasteiger partial charge >= 0.3 is 0 Å². The fraction of sp³-hybridized carbons (Fsp3) is 0.467. The number of fused-ring (bicyclic) bond motifs is 1. The van der Waals surface area contributed by atoms with Gasteiger partial charge in [-0.05, 0) is 42.0 Å². The largest absolute Gasteiger partial charge is 0.396 e. The van der Waals surface area contributed by atoms with Crippen molar-refractivity contribution >= 4 is 10.9 Å². The van der Waals surface area contributed by atoms with Crippen LogP contribution in [0.4, 0.5) is 0 Å². The molecule has 98 valence electrons. The number of aliphatic hydroxyl groups excluding tert-OH is 1. The molecule has 1 aromatic carbocycles. The quantitative estimate of drug-likeness (QED) is 0.738. The molecule has 0 saturated carbocycles. The summed E-state index contributed by atoms with van der Waals surface area (Å²) < 4.78 is 2.30. The van der Waals surface area contributed by atoms with E-state index in [0.717, 1.165) is 19.4 Å². The molecule has 1 aromatic heterocycles. The molecule has 0 spiro atoms. The zero-order valence-corrected chi connectivity index (χ0v) is 10.8. The molecule has 3 nitrogen and oxygen atoms in total. The van der Waals surface area contributed by atoms with Gasteiger partial charge in [-0.25, -0.2) is 0 Å². The van der Waals surface area contributed by atoms with Crippen molar-refractivity contribution in [1.29, 1.82) is 0 Å². The molecule has 2 rings (SSSR count). The second-order valence-electron chi connectivity index (χ2n) is 4.74. The normalized spacial score (nSPS) is 11.2. The van der Waals surface area contributed by atoms with Crippen LogP contribution in [0.15, 0.2) is 30.5 Å². The maximum Gasteiger partial charge on any atom is 0.0480 e. The van der Waals surface area contributed by atoms with Crippen molar-refractivity contribution in [2.24, 2.45) is 5.73 Å². The molecule has 0 radical (unpaired) electrons. The third kappa shape index (κ3) is 3.12. The molecule has 0 atom stereocenters. The van der Waals surface area contributed by atoms with Crippen molar-refractivity contribution in [2.45, 2.75) is 38.8 Å². The van der Waals surface area contributed by atoms with Gasteiger partial charge in [-0.2, -0.15) is 0 Å². The number of aromatic nitrogens is 1. The summed E-state index contributed by atoms with van der Waals surface area (Å²) in [5, 5.41) is 10.00. The highest BCUT2D eigenvalue weighted by atomic mass is 16.2. The Morgan fingerprint density at radius 1 is 1.06 bits per heavy atom. The van der Waals surface area contributed by atoms with E-state index in [2.05, 4.69) is 35.0 Å². The Bertz CT molecular complexity index is 490. The lowest BCUT2D eigenvalue weighted by molar-refractivity contribution is 0.282. The first-order valence-corrected chi connectivity index (χ1v) is 6.74. The Hall–Kier alpha value is -1.32. The molecule has 0 aliphatic carbocycles. The number of nitrogens with zero attached hydrogens (tertiary/aromatic N) is 1. The second kappa shape index (κ2) is 6.57. The first-order valence-electron chi connectivity index (χ1n) is 6.74. The van der Waals surface area contributed by atoms with Gasteiger partial charge in [0, 0.05) is 31.4 Å². The molecule has 3 N–H and O–H groups in total. The fourth-order valence-electron chi connectivity index (χ4n) is 2.32. The maximum absolute atomic E-state index is 8.72. The Morgan fingerprint density at radius 3 is 2.67 bits per heavy atom. The third-order valence-electron chi connectivity index (χ3n) is 3.38. The van der Waals surface area contributed by atoms with Crippen molar-refractivity contribution < 1.29 is 5.11 Å². The third-order valence-corrected chi connectivity index (χ3v) is 3.38. The summed E-state index contributed by atoms with van der Waals surface area (Å²) in [7, 11) is 0. The molecule has 0 amide bonds. The molecule has 0 saturated heterocycles. The minimum Gasteiger partial charge on any atom is -0.396 e. The molecule has 0 fully saturated rings. The molecule has 1 heterocycles. The molecule has 2 aromatic rings. The Balaban J connectivity index is 1.97. The SMILES string of the molecule is NCc1ccc2c(ccn2CCCCCCO)c1. The topological polar surface area (TPSA) is 51.2 Å². The zero-order chi connectivity index (χ0) is 12.8. The van der Waals surface area contributed by atoms with Crippen LogP contribution in [-0.4, -0.2) is 16.3 Å². The van der Waals surface area contributed by atoms with Crippen LogP contribution in [0.1, 0.15) is 31.2 Å². The van der Waals surface area contributed by atoms with Gasteiger partial charge in [0.15, 0.2) is 0 Å². The summed E-state index contributed by atoms with van der Waals surface area (Å²) in [6, 6.07) is 8.58. The van der Waals surface area contributed by atoms with Gasteiger partial charge in [0.2, 0.25) is 0 Å².